The van der Waals surface area contributed by atoms with Gasteiger partial charge in [-0.3, -0.25) is 0 Å². The molecule has 2 N–H and O–H groups in total. The molecule has 100 valence electrons. The predicted molar refractivity (Wildman–Crippen MR) is 65.8 cm³/mol. The second-order valence-corrected chi connectivity index (χ2v) is 4.04. The highest BCUT2D eigenvalue weighted by Gasteiger charge is 2.32. The molecule has 0 bridgehead atoms. The van der Waals surface area contributed by atoms with Crippen LogP contribution in [0.25, 0.3) is 11.3 Å². The van der Waals surface area contributed by atoms with Crippen molar-refractivity contribution < 1.29 is 17.9 Å². The zero-order valence-corrected chi connectivity index (χ0v) is 10.2. The van der Waals surface area contributed by atoms with Gasteiger partial charge >= 0.3 is 6.36 Å². The predicted octanol–water partition coefficient (Wildman–Crippen LogP) is 3.88. The normalized spacial score (nSPS) is 11.4. The van der Waals surface area contributed by atoms with E-state index in [0.717, 1.165) is 0 Å². The van der Waals surface area contributed by atoms with Gasteiger partial charge in [-0.2, -0.15) is 0 Å². The van der Waals surface area contributed by atoms with E-state index in [4.69, 9.17) is 17.3 Å². The summed E-state index contributed by atoms with van der Waals surface area (Å²) in [5.74, 6) is -0.357. The Balaban J connectivity index is 2.50. The van der Waals surface area contributed by atoms with E-state index in [9.17, 15) is 13.2 Å². The Hall–Kier alpha value is -1.95. The molecule has 0 unspecified atom stereocenters. The van der Waals surface area contributed by atoms with Gasteiger partial charge in [0, 0.05) is 11.3 Å². The molecule has 2 rings (SSSR count). The molecule has 0 aliphatic carbocycles. The third-order valence-electron chi connectivity index (χ3n) is 2.21. The fourth-order valence-electron chi connectivity index (χ4n) is 1.55. The fraction of sp³-hybridized carbons (Fsp3) is 0.0833. The van der Waals surface area contributed by atoms with Gasteiger partial charge in [0.1, 0.15) is 10.9 Å². The molecular weight excluding hydrogens is 281 g/mol. The zero-order chi connectivity index (χ0) is 14.0. The van der Waals surface area contributed by atoms with Crippen molar-refractivity contribution in [3.63, 3.8) is 0 Å². The third kappa shape index (κ3) is 3.51. The van der Waals surface area contributed by atoms with E-state index in [0.29, 0.717) is 5.69 Å². The van der Waals surface area contributed by atoms with Crippen molar-refractivity contribution >= 4 is 17.3 Å². The Labute approximate surface area is 111 Å². The monoisotopic (exact) mass is 288 g/mol. The zero-order valence-electron chi connectivity index (χ0n) is 9.41. The second-order valence-electron chi connectivity index (χ2n) is 3.65. The van der Waals surface area contributed by atoms with Gasteiger partial charge in [0.15, 0.2) is 0 Å². The Morgan fingerprint density at radius 2 is 1.84 bits per heavy atom. The van der Waals surface area contributed by atoms with Crippen molar-refractivity contribution in [2.24, 2.45) is 0 Å². The first kappa shape index (κ1) is 13.5. The minimum Gasteiger partial charge on any atom is -0.405 e. The lowest BCUT2D eigenvalue weighted by atomic mass is 10.1. The molecule has 0 saturated heterocycles. The van der Waals surface area contributed by atoms with Crippen molar-refractivity contribution in [2.75, 3.05) is 5.73 Å². The summed E-state index contributed by atoms with van der Waals surface area (Å²) in [5, 5.41) is 0.0943. The van der Waals surface area contributed by atoms with Crippen LogP contribution in [0.15, 0.2) is 36.4 Å². The summed E-state index contributed by atoms with van der Waals surface area (Å²) in [6.07, 6.45) is -4.78. The van der Waals surface area contributed by atoms with Gasteiger partial charge in [0.25, 0.3) is 0 Å². The minimum absolute atomic E-state index is 0.0943. The summed E-state index contributed by atoms with van der Waals surface area (Å²) in [6, 6.07) is 8.46. The molecule has 0 atom stereocenters. The van der Waals surface area contributed by atoms with Crippen molar-refractivity contribution in [2.45, 2.75) is 6.36 Å². The molecule has 0 spiro atoms. The molecule has 1 heterocycles. The highest BCUT2D eigenvalue weighted by atomic mass is 35.5. The van der Waals surface area contributed by atoms with Crippen LogP contribution < -0.4 is 10.5 Å². The molecule has 3 nitrogen and oxygen atoms in total. The number of rotatable bonds is 2. The number of hydrogen-bond acceptors (Lipinski definition) is 3. The average molecular weight is 289 g/mol. The van der Waals surface area contributed by atoms with Gasteiger partial charge in [-0.05, 0) is 24.3 Å². The fourth-order valence-corrected chi connectivity index (χ4v) is 1.76. The standard InChI is InChI=1S/C12H8ClF3N2O/c13-11-6-7(17)5-9(18-11)8-3-1-2-4-10(8)19-12(14,15)16/h1-6H,(H2,17,18). The van der Waals surface area contributed by atoms with Gasteiger partial charge in [0.05, 0.1) is 5.69 Å². The smallest absolute Gasteiger partial charge is 0.405 e. The second kappa shape index (κ2) is 4.97. The summed E-state index contributed by atoms with van der Waals surface area (Å²) >= 11 is 5.73. The number of aromatic nitrogens is 1. The summed E-state index contributed by atoms with van der Waals surface area (Å²) in [6.45, 7) is 0. The number of halogens is 4. The minimum atomic E-state index is -4.78. The van der Waals surface area contributed by atoms with Crippen LogP contribution >= 0.6 is 11.6 Å². The van der Waals surface area contributed by atoms with Crippen molar-refractivity contribution in [3.05, 3.63) is 41.6 Å². The lowest BCUT2D eigenvalue weighted by Gasteiger charge is -2.13. The van der Waals surface area contributed by atoms with Gasteiger partial charge in [-0.15, -0.1) is 13.2 Å². The van der Waals surface area contributed by atoms with Gasteiger partial charge in [-0.1, -0.05) is 23.7 Å². The molecule has 0 aliphatic rings. The number of nitrogens with zero attached hydrogens (tertiary/aromatic N) is 1. The average Bonchev–Trinajstić information content (AvgIpc) is 2.26. The molecule has 0 radical (unpaired) electrons. The first-order valence-corrected chi connectivity index (χ1v) is 5.51. The van der Waals surface area contributed by atoms with E-state index >= 15 is 0 Å². The van der Waals surface area contributed by atoms with E-state index in [-0.39, 0.29) is 22.2 Å². The Kier molecular flexibility index (Phi) is 3.53. The molecule has 1 aromatic carbocycles. The van der Waals surface area contributed by atoms with E-state index in [1.807, 2.05) is 0 Å². The number of hydrogen-bond donors (Lipinski definition) is 1. The molecule has 7 heteroatoms. The SMILES string of the molecule is Nc1cc(Cl)nc(-c2ccccc2OC(F)(F)F)c1. The third-order valence-corrected chi connectivity index (χ3v) is 2.40. The Morgan fingerprint density at radius 1 is 1.16 bits per heavy atom. The largest absolute Gasteiger partial charge is 0.573 e. The summed E-state index contributed by atoms with van der Waals surface area (Å²) < 4.78 is 40.8. The van der Waals surface area contributed by atoms with Gasteiger partial charge in [-0.25, -0.2) is 4.98 Å². The molecule has 0 amide bonds. The van der Waals surface area contributed by atoms with E-state index in [2.05, 4.69) is 9.72 Å². The number of alkyl halides is 3. The van der Waals surface area contributed by atoms with Crippen LogP contribution in [0.5, 0.6) is 5.75 Å². The van der Waals surface area contributed by atoms with E-state index in [1.54, 1.807) is 6.07 Å². The number of benzene rings is 1. The van der Waals surface area contributed by atoms with E-state index in [1.165, 1.54) is 30.3 Å². The van der Waals surface area contributed by atoms with Crippen molar-refractivity contribution in [1.82, 2.24) is 4.98 Å². The molecule has 0 fully saturated rings. The molecule has 2 aromatic rings. The first-order chi connectivity index (χ1) is 8.85. The summed E-state index contributed by atoms with van der Waals surface area (Å²) in [4.78, 5) is 3.93. The molecule has 0 saturated carbocycles. The summed E-state index contributed by atoms with van der Waals surface area (Å²) in [5.41, 5.74) is 6.26. The quantitative estimate of drug-likeness (QED) is 0.853. The lowest BCUT2D eigenvalue weighted by molar-refractivity contribution is -0.274. The van der Waals surface area contributed by atoms with Crippen molar-refractivity contribution in [3.8, 4) is 17.0 Å². The maximum atomic E-state index is 12.3. The van der Waals surface area contributed by atoms with Gasteiger partial charge in [0.2, 0.25) is 0 Å². The highest BCUT2D eigenvalue weighted by molar-refractivity contribution is 6.29. The number of para-hydroxylation sites is 1. The number of nitrogen functional groups attached to an aromatic ring is 1. The number of nitrogens with two attached hydrogens (primary N) is 1. The lowest BCUT2D eigenvalue weighted by Crippen LogP contribution is -2.17. The first-order valence-electron chi connectivity index (χ1n) is 5.13. The molecule has 1 aromatic heterocycles. The number of pyridine rings is 1. The Morgan fingerprint density at radius 3 is 2.47 bits per heavy atom. The van der Waals surface area contributed by atoms with Crippen molar-refractivity contribution in [1.29, 1.82) is 0 Å². The molecular formula is C12H8ClF3N2O. The number of anilines is 1. The topological polar surface area (TPSA) is 48.1 Å². The van der Waals surface area contributed by atoms with Gasteiger partial charge < -0.3 is 10.5 Å². The van der Waals surface area contributed by atoms with Crippen LogP contribution in [0.1, 0.15) is 0 Å². The van der Waals surface area contributed by atoms with Crippen LogP contribution in [-0.2, 0) is 0 Å². The van der Waals surface area contributed by atoms with Crippen LogP contribution in [-0.4, -0.2) is 11.3 Å². The summed E-state index contributed by atoms with van der Waals surface area (Å²) in [7, 11) is 0. The molecule has 19 heavy (non-hydrogen) atoms. The number of ether oxygens (including phenoxy) is 1. The van der Waals surface area contributed by atoms with E-state index < -0.39 is 6.36 Å². The van der Waals surface area contributed by atoms with Crippen LogP contribution in [0.4, 0.5) is 18.9 Å². The Bertz CT molecular complexity index is 582. The maximum absolute atomic E-state index is 12.3. The highest BCUT2D eigenvalue weighted by Crippen LogP contribution is 2.33. The van der Waals surface area contributed by atoms with Crippen LogP contribution in [0.2, 0.25) is 5.15 Å². The van der Waals surface area contributed by atoms with Crippen LogP contribution in [0, 0.1) is 0 Å². The maximum Gasteiger partial charge on any atom is 0.573 e. The van der Waals surface area contributed by atoms with Crippen LogP contribution in [0.3, 0.4) is 0 Å². The molecule has 0 aliphatic heterocycles.